The van der Waals surface area contributed by atoms with Gasteiger partial charge in [-0.2, -0.15) is 0 Å². The lowest BCUT2D eigenvalue weighted by molar-refractivity contribution is -0.137. The number of carboxylic acids is 1. The minimum atomic E-state index is -1.16. The topological polar surface area (TPSA) is 88.5 Å². The fraction of sp³-hybridized carbons (Fsp3) is 0.174. The Morgan fingerprint density at radius 2 is 1.80 bits per heavy atom. The Labute approximate surface area is 173 Å². The molecule has 1 atom stereocenters. The molecular formula is C23H21FN2O4. The summed E-state index contributed by atoms with van der Waals surface area (Å²) in [6.45, 7) is 1.96. The van der Waals surface area contributed by atoms with E-state index < -0.39 is 30.2 Å². The third-order valence-electron chi connectivity index (χ3n) is 4.60. The van der Waals surface area contributed by atoms with Crippen LogP contribution in [0.4, 0.5) is 4.39 Å². The van der Waals surface area contributed by atoms with Crippen molar-refractivity contribution in [2.75, 3.05) is 7.11 Å². The van der Waals surface area contributed by atoms with Gasteiger partial charge in [-0.05, 0) is 25.1 Å². The second kappa shape index (κ2) is 9.17. The van der Waals surface area contributed by atoms with E-state index in [9.17, 15) is 19.1 Å². The van der Waals surface area contributed by atoms with Crippen LogP contribution in [0.1, 0.15) is 34.1 Å². The first-order valence-corrected chi connectivity index (χ1v) is 9.28. The summed E-state index contributed by atoms with van der Waals surface area (Å²) in [7, 11) is 1.51. The standard InChI is InChI=1S/C23H21FN2O4/c1-14-7-9-15(10-8-14)22-20(30-2)12-11-18(25-22)23(29)26-19(13-21(27)28)16-5-3-4-6-17(16)24/h3-12,19H,13H2,1-2H3,(H,26,29)(H,27,28). The van der Waals surface area contributed by atoms with Crippen LogP contribution in [0.3, 0.4) is 0 Å². The van der Waals surface area contributed by atoms with Crippen molar-refractivity contribution >= 4 is 11.9 Å². The minimum absolute atomic E-state index is 0.0677. The number of aliphatic carboxylic acids is 1. The second-order valence-corrected chi connectivity index (χ2v) is 6.76. The molecule has 3 aromatic rings. The second-order valence-electron chi connectivity index (χ2n) is 6.76. The molecule has 3 rings (SSSR count). The molecule has 1 aromatic heterocycles. The van der Waals surface area contributed by atoms with Gasteiger partial charge in [0.05, 0.1) is 19.6 Å². The van der Waals surface area contributed by atoms with Crippen LogP contribution < -0.4 is 10.1 Å². The highest BCUT2D eigenvalue weighted by atomic mass is 19.1. The number of carboxylic acid groups (broad SMARTS) is 1. The SMILES string of the molecule is COc1ccc(C(=O)NC(CC(=O)O)c2ccccc2F)nc1-c1ccc(C)cc1. The van der Waals surface area contributed by atoms with Crippen LogP contribution in [0, 0.1) is 12.7 Å². The summed E-state index contributed by atoms with van der Waals surface area (Å²) in [6.07, 6.45) is -0.465. The average molecular weight is 408 g/mol. The lowest BCUT2D eigenvalue weighted by atomic mass is 10.0. The maximum Gasteiger partial charge on any atom is 0.305 e. The van der Waals surface area contributed by atoms with Crippen LogP contribution >= 0.6 is 0 Å². The predicted molar refractivity (Wildman–Crippen MR) is 110 cm³/mol. The van der Waals surface area contributed by atoms with Crippen LogP contribution in [0.2, 0.25) is 0 Å². The molecule has 7 heteroatoms. The van der Waals surface area contributed by atoms with E-state index >= 15 is 0 Å². The molecule has 6 nitrogen and oxygen atoms in total. The number of carbonyl (C=O) groups excluding carboxylic acids is 1. The van der Waals surface area contributed by atoms with Crippen LogP contribution in [-0.2, 0) is 4.79 Å². The first-order chi connectivity index (χ1) is 14.4. The van der Waals surface area contributed by atoms with Crippen molar-refractivity contribution in [3.63, 3.8) is 0 Å². The minimum Gasteiger partial charge on any atom is -0.494 e. The van der Waals surface area contributed by atoms with E-state index in [1.54, 1.807) is 12.1 Å². The van der Waals surface area contributed by atoms with Gasteiger partial charge in [0.2, 0.25) is 0 Å². The predicted octanol–water partition coefficient (Wildman–Crippen LogP) is 4.15. The van der Waals surface area contributed by atoms with Crippen LogP contribution in [0.25, 0.3) is 11.3 Å². The van der Waals surface area contributed by atoms with Crippen molar-refractivity contribution in [2.24, 2.45) is 0 Å². The van der Waals surface area contributed by atoms with Crippen LogP contribution in [0.15, 0.2) is 60.7 Å². The highest BCUT2D eigenvalue weighted by molar-refractivity contribution is 5.93. The monoisotopic (exact) mass is 408 g/mol. The molecular weight excluding hydrogens is 387 g/mol. The molecule has 30 heavy (non-hydrogen) atoms. The molecule has 2 aromatic carbocycles. The Kier molecular flexibility index (Phi) is 6.41. The van der Waals surface area contributed by atoms with Gasteiger partial charge in [0.15, 0.2) is 0 Å². The quantitative estimate of drug-likeness (QED) is 0.613. The summed E-state index contributed by atoms with van der Waals surface area (Å²) in [5.41, 5.74) is 2.49. The maximum atomic E-state index is 14.2. The lowest BCUT2D eigenvalue weighted by Crippen LogP contribution is -2.31. The molecule has 1 unspecified atom stereocenters. The third-order valence-corrected chi connectivity index (χ3v) is 4.60. The van der Waals surface area contributed by atoms with Gasteiger partial charge in [-0.15, -0.1) is 0 Å². The molecule has 2 N–H and O–H groups in total. The number of hydrogen-bond donors (Lipinski definition) is 2. The molecule has 1 amide bonds. The van der Waals surface area contributed by atoms with Crippen molar-refractivity contribution in [3.8, 4) is 17.0 Å². The van der Waals surface area contributed by atoms with Gasteiger partial charge in [0.25, 0.3) is 5.91 Å². The van der Waals surface area contributed by atoms with Crippen LogP contribution in [-0.4, -0.2) is 29.1 Å². The Hall–Kier alpha value is -3.74. The highest BCUT2D eigenvalue weighted by Crippen LogP contribution is 2.29. The molecule has 0 aliphatic rings. The number of carbonyl (C=O) groups is 2. The summed E-state index contributed by atoms with van der Waals surface area (Å²) in [5.74, 6) is -1.87. The van der Waals surface area contributed by atoms with Crippen molar-refractivity contribution in [1.82, 2.24) is 10.3 Å². The van der Waals surface area contributed by atoms with E-state index in [4.69, 9.17) is 4.74 Å². The Morgan fingerprint density at radius 3 is 2.43 bits per heavy atom. The van der Waals surface area contributed by atoms with Gasteiger partial charge in [-0.1, -0.05) is 48.0 Å². The largest absolute Gasteiger partial charge is 0.494 e. The number of ether oxygens (including phenoxy) is 1. The van der Waals surface area contributed by atoms with Gasteiger partial charge in [0.1, 0.15) is 23.0 Å². The first-order valence-electron chi connectivity index (χ1n) is 9.28. The van der Waals surface area contributed by atoms with E-state index in [2.05, 4.69) is 10.3 Å². The van der Waals surface area contributed by atoms with Crippen molar-refractivity contribution in [3.05, 3.63) is 83.3 Å². The molecule has 0 bridgehead atoms. The number of rotatable bonds is 7. The van der Waals surface area contributed by atoms with Gasteiger partial charge in [-0.3, -0.25) is 9.59 Å². The van der Waals surface area contributed by atoms with Gasteiger partial charge >= 0.3 is 5.97 Å². The van der Waals surface area contributed by atoms with Gasteiger partial charge in [-0.25, -0.2) is 9.37 Å². The summed E-state index contributed by atoms with van der Waals surface area (Å²) >= 11 is 0. The van der Waals surface area contributed by atoms with E-state index in [0.29, 0.717) is 11.4 Å². The number of methoxy groups -OCH3 is 1. The molecule has 0 radical (unpaired) electrons. The number of halogens is 1. The van der Waals surface area contributed by atoms with Crippen molar-refractivity contribution < 1.29 is 23.8 Å². The molecule has 0 fully saturated rings. The van der Waals surface area contributed by atoms with Crippen molar-refractivity contribution in [1.29, 1.82) is 0 Å². The number of aromatic nitrogens is 1. The van der Waals surface area contributed by atoms with Crippen LogP contribution in [0.5, 0.6) is 5.75 Å². The van der Waals surface area contributed by atoms with E-state index in [1.165, 1.54) is 31.4 Å². The fourth-order valence-electron chi connectivity index (χ4n) is 3.06. The Morgan fingerprint density at radius 1 is 1.10 bits per heavy atom. The van der Waals surface area contributed by atoms with Crippen molar-refractivity contribution in [2.45, 2.75) is 19.4 Å². The Bertz CT molecular complexity index is 1070. The van der Waals surface area contributed by atoms with Gasteiger partial charge in [0, 0.05) is 11.1 Å². The summed E-state index contributed by atoms with van der Waals surface area (Å²) < 4.78 is 19.5. The molecule has 0 aliphatic carbocycles. The highest BCUT2D eigenvalue weighted by Gasteiger charge is 2.23. The maximum absolute atomic E-state index is 14.2. The summed E-state index contributed by atoms with van der Waals surface area (Å²) in [4.78, 5) is 28.5. The molecule has 0 saturated heterocycles. The third kappa shape index (κ3) is 4.81. The zero-order valence-electron chi connectivity index (χ0n) is 16.6. The number of pyridine rings is 1. The van der Waals surface area contributed by atoms with E-state index in [-0.39, 0.29) is 11.3 Å². The number of benzene rings is 2. The number of amides is 1. The number of aryl methyl sites for hydroxylation is 1. The number of nitrogens with one attached hydrogen (secondary N) is 1. The van der Waals surface area contributed by atoms with E-state index in [0.717, 1.165) is 11.1 Å². The average Bonchev–Trinajstić information content (AvgIpc) is 2.73. The summed E-state index contributed by atoms with van der Waals surface area (Å²) in [5, 5.41) is 11.8. The molecule has 0 aliphatic heterocycles. The van der Waals surface area contributed by atoms with Gasteiger partial charge < -0.3 is 15.2 Å². The van der Waals surface area contributed by atoms with E-state index in [1.807, 2.05) is 31.2 Å². The molecule has 0 spiro atoms. The molecule has 154 valence electrons. The summed E-state index contributed by atoms with van der Waals surface area (Å²) in [6, 6.07) is 15.4. The fourth-order valence-corrected chi connectivity index (χ4v) is 3.06. The first kappa shape index (κ1) is 21.0. The number of hydrogen-bond acceptors (Lipinski definition) is 4. The Balaban J connectivity index is 1.93. The zero-order chi connectivity index (χ0) is 21.7. The smallest absolute Gasteiger partial charge is 0.305 e. The molecule has 1 heterocycles. The normalized spacial score (nSPS) is 11.6. The molecule has 0 saturated carbocycles. The lowest BCUT2D eigenvalue weighted by Gasteiger charge is -2.18. The number of nitrogens with zero attached hydrogens (tertiary/aromatic N) is 1. The zero-order valence-corrected chi connectivity index (χ0v) is 16.6.